The smallest absolute Gasteiger partial charge is 0.256 e. The van der Waals surface area contributed by atoms with Crippen molar-refractivity contribution in [2.75, 3.05) is 39.3 Å². The second-order valence-corrected chi connectivity index (χ2v) is 12.9. The fourth-order valence-electron chi connectivity index (χ4n) is 5.61. The molecule has 0 radical (unpaired) electrons. The number of carbonyl (C=O) groups is 5. The normalized spacial score (nSPS) is 16.2. The van der Waals surface area contributed by atoms with Crippen molar-refractivity contribution in [2.45, 2.75) is 70.1 Å². The molecule has 2 aromatic carbocycles. The molecule has 5 amide bonds. The third-order valence-electron chi connectivity index (χ3n) is 8.24. The fraction of sp³-hybridized carbons (Fsp3) is 0.514. The van der Waals surface area contributed by atoms with Gasteiger partial charge in [0.2, 0.25) is 23.6 Å². The van der Waals surface area contributed by atoms with Gasteiger partial charge in [0, 0.05) is 32.6 Å². The molecule has 1 saturated heterocycles. The summed E-state index contributed by atoms with van der Waals surface area (Å²) in [4.78, 5) is 67.3. The minimum Gasteiger partial charge on any atom is -0.369 e. The summed E-state index contributed by atoms with van der Waals surface area (Å²) in [7, 11) is 0. The zero-order valence-corrected chi connectivity index (χ0v) is 28.6. The molecule has 0 unspecified atom stereocenters. The van der Waals surface area contributed by atoms with E-state index in [-0.39, 0.29) is 18.9 Å². The van der Waals surface area contributed by atoms with Crippen LogP contribution in [0.15, 0.2) is 60.7 Å². The van der Waals surface area contributed by atoms with Crippen molar-refractivity contribution >= 4 is 29.5 Å². The van der Waals surface area contributed by atoms with Gasteiger partial charge in [0.15, 0.2) is 0 Å². The van der Waals surface area contributed by atoms with Crippen LogP contribution in [-0.2, 0) is 36.8 Å². The Morgan fingerprint density at radius 2 is 1.24 bits per heavy atom. The number of amides is 5. The SMILES string of the molecule is CC(C)C[C@@H](NC(=O)[C@@H](Cc1ccccc1)NC(=O)[C@H](N)Cc1ccccc1)C(=O)N[C@H](CCCN)C(=O)NN1CCN(CC(N)=O)CC1. The van der Waals surface area contributed by atoms with E-state index in [4.69, 9.17) is 17.2 Å². The molecule has 0 spiro atoms. The van der Waals surface area contributed by atoms with Crippen molar-refractivity contribution in [3.8, 4) is 0 Å². The number of rotatable bonds is 19. The molecule has 0 aromatic heterocycles. The molecule has 1 aliphatic rings. The maximum atomic E-state index is 13.8. The van der Waals surface area contributed by atoms with Gasteiger partial charge in [-0.3, -0.25) is 34.3 Å². The molecule has 10 N–H and O–H groups in total. The lowest BCUT2D eigenvalue weighted by molar-refractivity contribution is -0.135. The molecule has 1 aliphatic heterocycles. The first kappa shape index (κ1) is 39.1. The first-order chi connectivity index (χ1) is 23.4. The molecule has 14 heteroatoms. The van der Waals surface area contributed by atoms with Crippen LogP contribution in [0.5, 0.6) is 0 Å². The van der Waals surface area contributed by atoms with Gasteiger partial charge in [0.1, 0.15) is 18.1 Å². The Bertz CT molecular complexity index is 1350. The highest BCUT2D eigenvalue weighted by Gasteiger charge is 2.32. The van der Waals surface area contributed by atoms with E-state index >= 15 is 0 Å². The van der Waals surface area contributed by atoms with Gasteiger partial charge in [-0.1, -0.05) is 74.5 Å². The van der Waals surface area contributed by atoms with Crippen LogP contribution in [-0.4, -0.2) is 103 Å². The standard InChI is InChI=1S/C35H53N9O5/c1-24(2)20-29(33(47)39-28(14-9-15-36)35(49)42-44-18-16-43(17-19-44)23-31(38)45)41-34(48)30(22-26-12-7-4-8-13-26)40-32(46)27(37)21-25-10-5-3-6-11-25/h3-8,10-13,24,27-30H,9,14-23,36-37H2,1-2H3,(H2,38,45)(H,39,47)(H,40,46)(H,41,48)(H,42,49)/t27-,28-,29-,30-/m1/s1. The summed E-state index contributed by atoms with van der Waals surface area (Å²) in [6.07, 6.45) is 1.55. The number of primary amides is 1. The molecule has 1 fully saturated rings. The molecule has 0 saturated carbocycles. The first-order valence-corrected chi connectivity index (χ1v) is 17.0. The Kier molecular flexibility index (Phi) is 16.1. The highest BCUT2D eigenvalue weighted by Crippen LogP contribution is 2.10. The van der Waals surface area contributed by atoms with Crippen molar-refractivity contribution in [1.82, 2.24) is 31.3 Å². The summed E-state index contributed by atoms with van der Waals surface area (Å²) < 4.78 is 0. The van der Waals surface area contributed by atoms with E-state index < -0.39 is 53.7 Å². The molecule has 0 aliphatic carbocycles. The number of hydrazine groups is 1. The molecule has 4 atom stereocenters. The molecule has 14 nitrogen and oxygen atoms in total. The zero-order valence-electron chi connectivity index (χ0n) is 28.6. The monoisotopic (exact) mass is 679 g/mol. The van der Waals surface area contributed by atoms with E-state index in [2.05, 4.69) is 21.4 Å². The van der Waals surface area contributed by atoms with E-state index in [0.717, 1.165) is 11.1 Å². The Hall–Kier alpha value is -4.37. The Balaban J connectivity index is 1.71. The van der Waals surface area contributed by atoms with Gasteiger partial charge < -0.3 is 33.2 Å². The van der Waals surface area contributed by atoms with Crippen LogP contribution < -0.4 is 38.6 Å². The molecule has 2 aromatic rings. The highest BCUT2D eigenvalue weighted by atomic mass is 16.2. The van der Waals surface area contributed by atoms with Crippen molar-refractivity contribution < 1.29 is 24.0 Å². The van der Waals surface area contributed by atoms with Crippen LogP contribution in [0.1, 0.15) is 44.2 Å². The Morgan fingerprint density at radius 3 is 1.80 bits per heavy atom. The van der Waals surface area contributed by atoms with Gasteiger partial charge in [-0.25, -0.2) is 5.01 Å². The maximum absolute atomic E-state index is 13.8. The number of hydrogen-bond acceptors (Lipinski definition) is 9. The zero-order chi connectivity index (χ0) is 35.8. The Morgan fingerprint density at radius 1 is 0.714 bits per heavy atom. The second-order valence-electron chi connectivity index (χ2n) is 12.9. The summed E-state index contributed by atoms with van der Waals surface area (Å²) in [6, 6.07) is 14.8. The van der Waals surface area contributed by atoms with Crippen molar-refractivity contribution in [3.63, 3.8) is 0 Å². The highest BCUT2D eigenvalue weighted by molar-refractivity contribution is 5.95. The third kappa shape index (κ3) is 13.9. The molecule has 268 valence electrons. The molecule has 49 heavy (non-hydrogen) atoms. The third-order valence-corrected chi connectivity index (χ3v) is 8.24. The average Bonchev–Trinajstić information content (AvgIpc) is 3.07. The van der Waals surface area contributed by atoms with Crippen molar-refractivity contribution in [3.05, 3.63) is 71.8 Å². The fourth-order valence-corrected chi connectivity index (χ4v) is 5.61. The number of nitrogens with zero attached hydrogens (tertiary/aromatic N) is 2. The number of nitrogens with two attached hydrogens (primary N) is 3. The molecule has 3 rings (SSSR count). The van der Waals surface area contributed by atoms with E-state index in [0.29, 0.717) is 58.4 Å². The summed E-state index contributed by atoms with van der Waals surface area (Å²) in [6.45, 7) is 6.37. The van der Waals surface area contributed by atoms with Crippen LogP contribution in [0.2, 0.25) is 0 Å². The van der Waals surface area contributed by atoms with Crippen LogP contribution in [0.3, 0.4) is 0 Å². The van der Waals surface area contributed by atoms with Crippen molar-refractivity contribution in [1.29, 1.82) is 0 Å². The van der Waals surface area contributed by atoms with Gasteiger partial charge in [0.05, 0.1) is 12.6 Å². The van der Waals surface area contributed by atoms with E-state index in [1.165, 1.54) is 0 Å². The van der Waals surface area contributed by atoms with Crippen LogP contribution in [0, 0.1) is 5.92 Å². The minimum absolute atomic E-state index is 0.0190. The summed E-state index contributed by atoms with van der Waals surface area (Å²) in [5, 5.41) is 10.2. The number of benzene rings is 2. The average molecular weight is 680 g/mol. The van der Waals surface area contributed by atoms with Crippen molar-refractivity contribution in [2.24, 2.45) is 23.1 Å². The van der Waals surface area contributed by atoms with E-state index in [1.807, 2.05) is 79.4 Å². The predicted octanol–water partition coefficient (Wildman–Crippen LogP) is -0.827. The summed E-state index contributed by atoms with van der Waals surface area (Å²) in [5.74, 6) is -2.34. The number of nitrogens with one attached hydrogen (secondary N) is 4. The van der Waals surface area contributed by atoms with Gasteiger partial charge in [0.25, 0.3) is 5.91 Å². The topological polar surface area (TPSA) is 218 Å². The van der Waals surface area contributed by atoms with Crippen LogP contribution >= 0.6 is 0 Å². The van der Waals surface area contributed by atoms with Gasteiger partial charge in [-0.05, 0) is 49.3 Å². The summed E-state index contributed by atoms with van der Waals surface area (Å²) >= 11 is 0. The molecule has 1 heterocycles. The molecular weight excluding hydrogens is 626 g/mol. The van der Waals surface area contributed by atoms with Crippen LogP contribution in [0.4, 0.5) is 0 Å². The lowest BCUT2D eigenvalue weighted by Gasteiger charge is -2.35. The minimum atomic E-state index is -1.01. The van der Waals surface area contributed by atoms with Gasteiger partial charge >= 0.3 is 0 Å². The quantitative estimate of drug-likeness (QED) is 0.0985. The van der Waals surface area contributed by atoms with E-state index in [1.54, 1.807) is 5.01 Å². The number of piperazine rings is 1. The van der Waals surface area contributed by atoms with Gasteiger partial charge in [-0.2, -0.15) is 0 Å². The molecule has 0 bridgehead atoms. The lowest BCUT2D eigenvalue weighted by Crippen LogP contribution is -2.60. The lowest BCUT2D eigenvalue weighted by atomic mass is 10.00. The number of carbonyl (C=O) groups excluding carboxylic acids is 5. The summed E-state index contributed by atoms with van der Waals surface area (Å²) in [5.41, 5.74) is 21.9. The van der Waals surface area contributed by atoms with Gasteiger partial charge in [-0.15, -0.1) is 0 Å². The second kappa shape index (κ2) is 20.2. The maximum Gasteiger partial charge on any atom is 0.256 e. The predicted molar refractivity (Wildman–Crippen MR) is 187 cm³/mol. The number of hydrogen-bond donors (Lipinski definition) is 7. The largest absolute Gasteiger partial charge is 0.369 e. The Labute approximate surface area is 288 Å². The molecular formula is C35H53N9O5. The first-order valence-electron chi connectivity index (χ1n) is 17.0. The van der Waals surface area contributed by atoms with E-state index in [9.17, 15) is 24.0 Å². The van der Waals surface area contributed by atoms with Crippen LogP contribution in [0.25, 0.3) is 0 Å².